The Hall–Kier alpha value is -2.58. The summed E-state index contributed by atoms with van der Waals surface area (Å²) >= 11 is 1.77. The van der Waals surface area contributed by atoms with E-state index in [1.807, 2.05) is 19.9 Å². The zero-order chi connectivity index (χ0) is 18.1. The minimum absolute atomic E-state index is 0.00622. The zero-order valence-electron chi connectivity index (χ0n) is 14.9. The molecule has 0 saturated heterocycles. The summed E-state index contributed by atoms with van der Waals surface area (Å²) in [6.45, 7) is 5.98. The van der Waals surface area contributed by atoms with E-state index in [1.54, 1.807) is 18.4 Å². The van der Waals surface area contributed by atoms with Gasteiger partial charge in [0.05, 0.1) is 12.5 Å². The largest absolute Gasteiger partial charge is 0.369 e. The van der Waals surface area contributed by atoms with Crippen LogP contribution >= 0.6 is 11.3 Å². The number of guanidine groups is 1. The van der Waals surface area contributed by atoms with Crippen LogP contribution in [0.4, 0.5) is 0 Å². The smallest absolute Gasteiger partial charge is 0.231 e. The van der Waals surface area contributed by atoms with Crippen molar-refractivity contribution in [3.8, 4) is 11.8 Å². The van der Waals surface area contributed by atoms with Crippen molar-refractivity contribution in [2.45, 2.75) is 33.2 Å². The van der Waals surface area contributed by atoms with Crippen molar-refractivity contribution in [1.82, 2.24) is 4.90 Å². The molecule has 0 saturated carbocycles. The summed E-state index contributed by atoms with van der Waals surface area (Å²) in [5.41, 5.74) is 9.12. The van der Waals surface area contributed by atoms with Gasteiger partial charge in [-0.15, -0.1) is 17.3 Å². The van der Waals surface area contributed by atoms with E-state index in [9.17, 15) is 4.79 Å². The fourth-order valence-electron chi connectivity index (χ4n) is 3.01. The number of fused-ring (bicyclic) bond motifs is 1. The summed E-state index contributed by atoms with van der Waals surface area (Å²) < 4.78 is 1.22. The first-order chi connectivity index (χ1) is 11.9. The second-order valence-electron chi connectivity index (χ2n) is 6.19. The highest BCUT2D eigenvalue weighted by molar-refractivity contribution is 7.19. The van der Waals surface area contributed by atoms with Gasteiger partial charge in [0.25, 0.3) is 0 Å². The van der Waals surface area contributed by atoms with E-state index in [-0.39, 0.29) is 17.9 Å². The number of carbonyl (C=O) groups excluding carboxylic acids is 1. The van der Waals surface area contributed by atoms with Crippen LogP contribution in [0.1, 0.15) is 42.3 Å². The summed E-state index contributed by atoms with van der Waals surface area (Å²) in [5, 5.41) is 1.18. The Morgan fingerprint density at radius 2 is 2.24 bits per heavy atom. The number of rotatable bonds is 2. The number of benzene rings is 1. The Bertz CT molecular complexity index is 972. The van der Waals surface area contributed by atoms with Crippen molar-refractivity contribution in [3.05, 3.63) is 39.8 Å². The molecule has 0 fully saturated rings. The van der Waals surface area contributed by atoms with Crippen LogP contribution in [0, 0.1) is 18.8 Å². The molecule has 1 unspecified atom stereocenters. The van der Waals surface area contributed by atoms with E-state index in [0.29, 0.717) is 6.42 Å². The average molecular weight is 351 g/mol. The summed E-state index contributed by atoms with van der Waals surface area (Å²) in [5.74, 6) is 6.30. The molecule has 0 aliphatic carbocycles. The van der Waals surface area contributed by atoms with Gasteiger partial charge in [-0.25, -0.2) is 4.99 Å². The van der Waals surface area contributed by atoms with Gasteiger partial charge in [0.2, 0.25) is 5.91 Å². The SMILES string of the molecule is CC#C/C(C)=C/c1c(C)sc2ccc(C3CC(=O)N(C)C(N)=N3)cc12. The number of allylic oxidation sites excluding steroid dienone is 1. The zero-order valence-corrected chi connectivity index (χ0v) is 15.7. The normalized spacial score (nSPS) is 18.2. The van der Waals surface area contributed by atoms with Crippen LogP contribution in [-0.2, 0) is 4.79 Å². The monoisotopic (exact) mass is 351 g/mol. The van der Waals surface area contributed by atoms with Crippen molar-refractivity contribution >= 4 is 39.4 Å². The number of nitrogens with zero attached hydrogens (tertiary/aromatic N) is 2. The van der Waals surface area contributed by atoms with Crippen LogP contribution in [-0.4, -0.2) is 23.8 Å². The number of amides is 1. The Balaban J connectivity index is 2.09. The maximum Gasteiger partial charge on any atom is 0.231 e. The van der Waals surface area contributed by atoms with Crippen molar-refractivity contribution in [2.75, 3.05) is 7.05 Å². The number of hydrogen-bond donors (Lipinski definition) is 1. The first-order valence-corrected chi connectivity index (χ1v) is 8.96. The third-order valence-corrected chi connectivity index (χ3v) is 5.48. The lowest BCUT2D eigenvalue weighted by molar-refractivity contribution is -0.127. The molecule has 1 aromatic carbocycles. The molecule has 1 aliphatic rings. The van der Waals surface area contributed by atoms with E-state index >= 15 is 0 Å². The summed E-state index contributed by atoms with van der Waals surface area (Å²) in [6, 6.07) is 6.07. The Labute approximate surface area is 152 Å². The van der Waals surface area contributed by atoms with E-state index in [2.05, 4.69) is 42.0 Å². The first kappa shape index (κ1) is 17.2. The summed E-state index contributed by atoms with van der Waals surface area (Å²) in [4.78, 5) is 19.2. The fraction of sp³-hybridized carbons (Fsp3) is 0.300. The molecule has 2 N–H and O–H groups in total. The molecule has 25 heavy (non-hydrogen) atoms. The number of thiophene rings is 1. The molecular weight excluding hydrogens is 330 g/mol. The fourth-order valence-corrected chi connectivity index (χ4v) is 4.03. The van der Waals surface area contributed by atoms with Crippen LogP contribution in [0.25, 0.3) is 16.2 Å². The molecule has 1 amide bonds. The van der Waals surface area contributed by atoms with Gasteiger partial charge in [-0.05, 0) is 55.7 Å². The number of nitrogens with two attached hydrogens (primary N) is 1. The van der Waals surface area contributed by atoms with E-state index in [0.717, 1.165) is 11.1 Å². The number of hydrogen-bond acceptors (Lipinski definition) is 4. The van der Waals surface area contributed by atoms with Crippen molar-refractivity contribution < 1.29 is 4.79 Å². The Kier molecular flexibility index (Phi) is 4.65. The minimum Gasteiger partial charge on any atom is -0.369 e. The maximum absolute atomic E-state index is 12.1. The van der Waals surface area contributed by atoms with Crippen molar-refractivity contribution in [2.24, 2.45) is 10.7 Å². The van der Waals surface area contributed by atoms with E-state index in [1.165, 1.54) is 25.4 Å². The molecule has 1 atom stereocenters. The topological polar surface area (TPSA) is 58.7 Å². The van der Waals surface area contributed by atoms with Crippen LogP contribution in [0.3, 0.4) is 0 Å². The number of aryl methyl sites for hydroxylation is 1. The standard InChI is InChI=1S/C20H21N3OS/c1-5-6-12(2)9-15-13(3)25-18-8-7-14(10-16(15)18)17-11-19(24)23(4)20(21)22-17/h7-10,17H,11H2,1-4H3,(H2,21,22)/b12-9+. The van der Waals surface area contributed by atoms with Gasteiger partial charge in [-0.3, -0.25) is 9.69 Å². The molecule has 5 heteroatoms. The molecular formula is C20H21N3OS. The van der Waals surface area contributed by atoms with Crippen molar-refractivity contribution in [3.63, 3.8) is 0 Å². The highest BCUT2D eigenvalue weighted by Gasteiger charge is 2.26. The van der Waals surface area contributed by atoms with Crippen molar-refractivity contribution in [1.29, 1.82) is 0 Å². The molecule has 3 rings (SSSR count). The molecule has 128 valence electrons. The Morgan fingerprint density at radius 3 is 2.92 bits per heavy atom. The molecule has 0 spiro atoms. The highest BCUT2D eigenvalue weighted by Crippen LogP contribution is 2.36. The summed E-state index contributed by atoms with van der Waals surface area (Å²) in [6.07, 6.45) is 2.48. The van der Waals surface area contributed by atoms with Gasteiger partial charge in [-0.2, -0.15) is 0 Å². The van der Waals surface area contributed by atoms with Gasteiger partial charge in [0.15, 0.2) is 5.96 Å². The molecule has 4 nitrogen and oxygen atoms in total. The van der Waals surface area contributed by atoms with Crippen LogP contribution in [0.5, 0.6) is 0 Å². The second kappa shape index (κ2) is 6.73. The average Bonchev–Trinajstić information content (AvgIpc) is 2.87. The van der Waals surface area contributed by atoms with Crippen LogP contribution in [0.15, 0.2) is 28.8 Å². The molecule has 2 heterocycles. The summed E-state index contributed by atoms with van der Waals surface area (Å²) in [7, 11) is 1.66. The number of aliphatic imine (C=N–C) groups is 1. The number of carbonyl (C=O) groups is 1. The Morgan fingerprint density at radius 1 is 1.48 bits per heavy atom. The van der Waals surface area contributed by atoms with Gasteiger partial charge >= 0.3 is 0 Å². The van der Waals surface area contributed by atoms with Gasteiger partial charge in [0, 0.05) is 22.0 Å². The molecule has 1 aromatic heterocycles. The van der Waals surface area contributed by atoms with Gasteiger partial charge in [0.1, 0.15) is 0 Å². The first-order valence-electron chi connectivity index (χ1n) is 8.14. The second-order valence-corrected chi connectivity index (χ2v) is 7.45. The lowest BCUT2D eigenvalue weighted by Gasteiger charge is -2.25. The predicted octanol–water partition coefficient (Wildman–Crippen LogP) is 3.85. The highest BCUT2D eigenvalue weighted by atomic mass is 32.1. The molecule has 0 bridgehead atoms. The molecule has 2 aromatic rings. The quantitative estimate of drug-likeness (QED) is 0.836. The van der Waals surface area contributed by atoms with Gasteiger partial charge in [-0.1, -0.05) is 12.0 Å². The third kappa shape index (κ3) is 3.31. The molecule has 1 aliphatic heterocycles. The van der Waals surface area contributed by atoms with Gasteiger partial charge < -0.3 is 5.73 Å². The van der Waals surface area contributed by atoms with Crippen LogP contribution < -0.4 is 5.73 Å². The molecule has 0 radical (unpaired) electrons. The van der Waals surface area contributed by atoms with Crippen LogP contribution in [0.2, 0.25) is 0 Å². The van der Waals surface area contributed by atoms with E-state index in [4.69, 9.17) is 5.73 Å². The third-order valence-electron chi connectivity index (χ3n) is 4.38. The predicted molar refractivity (Wildman–Crippen MR) is 105 cm³/mol. The van der Waals surface area contributed by atoms with E-state index < -0.39 is 0 Å². The maximum atomic E-state index is 12.1. The lowest BCUT2D eigenvalue weighted by Crippen LogP contribution is -2.42. The minimum atomic E-state index is -0.221. The lowest BCUT2D eigenvalue weighted by atomic mass is 9.99.